The number of aryl methyl sites for hydroxylation is 1. The number of amides is 2. The molecule has 148 valence electrons. The highest BCUT2D eigenvalue weighted by molar-refractivity contribution is 6.33. The quantitative estimate of drug-likeness (QED) is 0.813. The fraction of sp³-hybridized carbons (Fsp3) is 0.364. The molecule has 1 aliphatic heterocycles. The van der Waals surface area contributed by atoms with Crippen molar-refractivity contribution in [3.63, 3.8) is 0 Å². The predicted octanol–water partition coefficient (Wildman–Crippen LogP) is 4.35. The van der Waals surface area contributed by atoms with E-state index in [1.54, 1.807) is 6.07 Å². The third-order valence-corrected chi connectivity index (χ3v) is 5.29. The summed E-state index contributed by atoms with van der Waals surface area (Å²) in [5.41, 5.74) is 3.40. The number of carbonyl (C=O) groups excluding carboxylic acids is 2. The fourth-order valence-electron chi connectivity index (χ4n) is 3.43. The number of rotatable bonds is 5. The van der Waals surface area contributed by atoms with Crippen molar-refractivity contribution >= 4 is 34.8 Å². The third kappa shape index (κ3) is 4.65. The molecule has 0 saturated carbocycles. The van der Waals surface area contributed by atoms with Crippen LogP contribution in [0.1, 0.15) is 35.7 Å². The molecule has 0 atom stereocenters. The fourth-order valence-corrected chi connectivity index (χ4v) is 3.73. The Morgan fingerprint density at radius 2 is 1.79 bits per heavy atom. The molecule has 1 N–H and O–H groups in total. The topological polar surface area (TPSA) is 52.7 Å². The van der Waals surface area contributed by atoms with Gasteiger partial charge in [-0.2, -0.15) is 0 Å². The maximum Gasteiger partial charge on any atom is 0.254 e. The Hall–Kier alpha value is -2.53. The summed E-state index contributed by atoms with van der Waals surface area (Å²) in [5, 5.41) is 3.47. The zero-order valence-electron chi connectivity index (χ0n) is 16.4. The van der Waals surface area contributed by atoms with Crippen LogP contribution >= 0.6 is 11.6 Å². The summed E-state index contributed by atoms with van der Waals surface area (Å²) in [7, 11) is 0. The van der Waals surface area contributed by atoms with Crippen molar-refractivity contribution in [1.82, 2.24) is 4.90 Å². The minimum Gasteiger partial charge on any atom is -0.367 e. The van der Waals surface area contributed by atoms with E-state index < -0.39 is 0 Å². The van der Waals surface area contributed by atoms with Gasteiger partial charge in [-0.1, -0.05) is 36.7 Å². The Morgan fingerprint density at radius 1 is 1.07 bits per heavy atom. The molecule has 28 heavy (non-hydrogen) atoms. The molecule has 0 unspecified atom stereocenters. The van der Waals surface area contributed by atoms with Gasteiger partial charge in [0.15, 0.2) is 0 Å². The largest absolute Gasteiger partial charge is 0.367 e. The molecule has 6 heteroatoms. The van der Waals surface area contributed by atoms with Gasteiger partial charge < -0.3 is 15.1 Å². The zero-order chi connectivity index (χ0) is 20.1. The maximum atomic E-state index is 12.8. The van der Waals surface area contributed by atoms with Gasteiger partial charge >= 0.3 is 0 Å². The number of nitrogens with zero attached hydrogens (tertiary/aromatic N) is 2. The zero-order valence-corrected chi connectivity index (χ0v) is 17.1. The highest BCUT2D eigenvalue weighted by Gasteiger charge is 2.24. The molecule has 0 spiro atoms. The number of benzene rings is 2. The predicted molar refractivity (Wildman–Crippen MR) is 114 cm³/mol. The van der Waals surface area contributed by atoms with Crippen LogP contribution in [0, 0.1) is 6.92 Å². The van der Waals surface area contributed by atoms with Crippen LogP contribution in [0.5, 0.6) is 0 Å². The smallest absolute Gasteiger partial charge is 0.254 e. The van der Waals surface area contributed by atoms with Gasteiger partial charge in [0.2, 0.25) is 5.91 Å². The number of anilines is 2. The van der Waals surface area contributed by atoms with Crippen LogP contribution < -0.4 is 10.2 Å². The van der Waals surface area contributed by atoms with Gasteiger partial charge in [0, 0.05) is 43.9 Å². The van der Waals surface area contributed by atoms with E-state index in [2.05, 4.69) is 10.2 Å². The van der Waals surface area contributed by atoms with Crippen molar-refractivity contribution in [3.05, 3.63) is 58.6 Å². The van der Waals surface area contributed by atoms with Gasteiger partial charge in [-0.15, -0.1) is 0 Å². The Kier molecular flexibility index (Phi) is 6.57. The molecule has 1 heterocycles. The van der Waals surface area contributed by atoms with Crippen molar-refractivity contribution in [2.75, 3.05) is 36.4 Å². The lowest BCUT2D eigenvalue weighted by Gasteiger charge is -2.36. The van der Waals surface area contributed by atoms with E-state index in [-0.39, 0.29) is 11.8 Å². The first-order valence-electron chi connectivity index (χ1n) is 9.69. The summed E-state index contributed by atoms with van der Waals surface area (Å²) < 4.78 is 0. The van der Waals surface area contributed by atoms with Gasteiger partial charge in [0.05, 0.1) is 10.7 Å². The second-order valence-electron chi connectivity index (χ2n) is 7.06. The Labute approximate surface area is 171 Å². The van der Waals surface area contributed by atoms with Gasteiger partial charge in [-0.25, -0.2) is 0 Å². The maximum absolute atomic E-state index is 12.8. The van der Waals surface area contributed by atoms with E-state index in [4.69, 9.17) is 11.6 Å². The van der Waals surface area contributed by atoms with Crippen LogP contribution in [0.3, 0.4) is 0 Å². The number of nitrogens with one attached hydrogen (secondary N) is 1. The van der Waals surface area contributed by atoms with Gasteiger partial charge in [0.1, 0.15) is 0 Å². The Balaban J connectivity index is 1.62. The average molecular weight is 400 g/mol. The lowest BCUT2D eigenvalue weighted by molar-refractivity contribution is -0.116. The monoisotopic (exact) mass is 399 g/mol. The van der Waals surface area contributed by atoms with E-state index >= 15 is 0 Å². The molecule has 1 aliphatic rings. The molecule has 0 bridgehead atoms. The van der Waals surface area contributed by atoms with Crippen molar-refractivity contribution in [2.45, 2.75) is 26.7 Å². The summed E-state index contributed by atoms with van der Waals surface area (Å²) in [6, 6.07) is 13.3. The first-order chi connectivity index (χ1) is 13.5. The highest BCUT2D eigenvalue weighted by atomic mass is 35.5. The van der Waals surface area contributed by atoms with Crippen LogP contribution in [-0.2, 0) is 4.79 Å². The van der Waals surface area contributed by atoms with Crippen molar-refractivity contribution in [1.29, 1.82) is 0 Å². The number of carbonyl (C=O) groups is 2. The molecule has 1 fully saturated rings. The lowest BCUT2D eigenvalue weighted by atomic mass is 10.1. The van der Waals surface area contributed by atoms with Gasteiger partial charge in [-0.3, -0.25) is 9.59 Å². The first-order valence-corrected chi connectivity index (χ1v) is 10.1. The lowest BCUT2D eigenvalue weighted by Crippen LogP contribution is -2.49. The van der Waals surface area contributed by atoms with Crippen LogP contribution in [0.25, 0.3) is 0 Å². The summed E-state index contributed by atoms with van der Waals surface area (Å²) in [4.78, 5) is 28.6. The molecule has 1 saturated heterocycles. The van der Waals surface area contributed by atoms with Crippen molar-refractivity contribution < 1.29 is 9.59 Å². The third-order valence-electron chi connectivity index (χ3n) is 4.99. The molecule has 5 nitrogen and oxygen atoms in total. The number of hydrogen-bond donors (Lipinski definition) is 1. The second kappa shape index (κ2) is 9.11. The molecule has 0 aliphatic carbocycles. The molecular weight excluding hydrogens is 374 g/mol. The number of hydrogen-bond acceptors (Lipinski definition) is 3. The van der Waals surface area contributed by atoms with Crippen LogP contribution in [-0.4, -0.2) is 42.9 Å². The van der Waals surface area contributed by atoms with Gasteiger partial charge in [-0.05, 0) is 43.2 Å². The average Bonchev–Trinajstić information content (AvgIpc) is 2.68. The minimum absolute atomic E-state index is 0.00495. The molecule has 2 aromatic rings. The molecule has 0 aromatic heterocycles. The van der Waals surface area contributed by atoms with E-state index in [0.29, 0.717) is 30.2 Å². The van der Waals surface area contributed by atoms with E-state index in [1.807, 2.05) is 55.1 Å². The minimum atomic E-state index is -0.00495. The standard InChI is InChI=1S/C22H26ClN3O2/c1-3-6-21(27)24-17-9-10-20(19(23)15-17)25-11-13-26(14-12-25)22(28)18-8-5-4-7-16(18)2/h4-5,7-10,15H,3,6,11-14H2,1-2H3,(H,24,27). The van der Waals surface area contributed by atoms with Crippen molar-refractivity contribution in [2.24, 2.45) is 0 Å². The van der Waals surface area contributed by atoms with E-state index in [0.717, 1.165) is 36.3 Å². The van der Waals surface area contributed by atoms with Crippen LogP contribution in [0.15, 0.2) is 42.5 Å². The second-order valence-corrected chi connectivity index (χ2v) is 7.47. The molecule has 2 amide bonds. The normalized spacial score (nSPS) is 14.1. The molecular formula is C22H26ClN3O2. The van der Waals surface area contributed by atoms with E-state index in [1.165, 1.54) is 0 Å². The summed E-state index contributed by atoms with van der Waals surface area (Å²) in [6.07, 6.45) is 1.30. The molecule has 2 aromatic carbocycles. The SMILES string of the molecule is CCCC(=O)Nc1ccc(N2CCN(C(=O)c3ccccc3C)CC2)c(Cl)c1. The van der Waals surface area contributed by atoms with Crippen molar-refractivity contribution in [3.8, 4) is 0 Å². The van der Waals surface area contributed by atoms with Crippen LogP contribution in [0.2, 0.25) is 5.02 Å². The van der Waals surface area contributed by atoms with Gasteiger partial charge in [0.25, 0.3) is 5.91 Å². The highest BCUT2D eigenvalue weighted by Crippen LogP contribution is 2.30. The summed E-state index contributed by atoms with van der Waals surface area (Å²) >= 11 is 6.47. The molecule has 3 rings (SSSR count). The van der Waals surface area contributed by atoms with E-state index in [9.17, 15) is 9.59 Å². The number of piperazine rings is 1. The number of halogens is 1. The Bertz CT molecular complexity index is 861. The van der Waals surface area contributed by atoms with Crippen LogP contribution in [0.4, 0.5) is 11.4 Å². The molecule has 0 radical (unpaired) electrons. The first kappa shape index (κ1) is 20.2. The Morgan fingerprint density at radius 3 is 2.43 bits per heavy atom. The summed E-state index contributed by atoms with van der Waals surface area (Å²) in [6.45, 7) is 6.68. The summed E-state index contributed by atoms with van der Waals surface area (Å²) in [5.74, 6) is 0.0764.